The summed E-state index contributed by atoms with van der Waals surface area (Å²) >= 11 is 6.68. The topological polar surface area (TPSA) is 67.2 Å². The number of nitrogens with zero attached hydrogens (tertiary/aromatic N) is 4. The zero-order valence-corrected chi connectivity index (χ0v) is 20.2. The second kappa shape index (κ2) is 9.72. The van der Waals surface area contributed by atoms with Crippen LogP contribution in [0.15, 0.2) is 34.1 Å². The number of aromatic nitrogens is 2. The molecular weight excluding hydrogens is 444 g/mol. The van der Waals surface area contributed by atoms with E-state index in [9.17, 15) is 9.59 Å². The summed E-state index contributed by atoms with van der Waals surface area (Å²) in [6.07, 6.45) is 5.25. The minimum absolute atomic E-state index is 0.167. The van der Waals surface area contributed by atoms with Crippen LogP contribution in [-0.4, -0.2) is 57.9 Å². The second-order valence-corrected chi connectivity index (χ2v) is 10.3. The summed E-state index contributed by atoms with van der Waals surface area (Å²) in [6.45, 7) is 7.17. The molecule has 32 heavy (non-hydrogen) atoms. The Morgan fingerprint density at radius 2 is 2.00 bits per heavy atom. The van der Waals surface area contributed by atoms with Crippen LogP contribution in [0, 0.1) is 11.8 Å². The van der Waals surface area contributed by atoms with Crippen molar-refractivity contribution in [3.05, 3.63) is 45.2 Å². The molecule has 0 radical (unpaired) electrons. The van der Waals surface area contributed by atoms with Crippen molar-refractivity contribution >= 4 is 51.7 Å². The van der Waals surface area contributed by atoms with Crippen molar-refractivity contribution < 1.29 is 9.53 Å². The molecule has 0 unspecified atom stereocenters. The number of rotatable bonds is 6. The van der Waals surface area contributed by atoms with Gasteiger partial charge in [-0.1, -0.05) is 43.9 Å². The molecule has 2 atom stereocenters. The molecule has 0 bridgehead atoms. The van der Waals surface area contributed by atoms with Gasteiger partial charge in [0.1, 0.15) is 15.8 Å². The lowest BCUT2D eigenvalue weighted by atomic mass is 9.91. The Labute approximate surface area is 197 Å². The first-order chi connectivity index (χ1) is 15.4. The van der Waals surface area contributed by atoms with Crippen LogP contribution in [0.1, 0.15) is 32.3 Å². The molecule has 4 heterocycles. The van der Waals surface area contributed by atoms with E-state index in [2.05, 4.69) is 18.7 Å². The molecule has 7 nitrogen and oxygen atoms in total. The Morgan fingerprint density at radius 1 is 1.25 bits per heavy atom. The normalized spacial score (nSPS) is 23.0. The molecule has 0 aliphatic carbocycles. The molecule has 1 amide bonds. The van der Waals surface area contributed by atoms with Gasteiger partial charge in [0, 0.05) is 39.5 Å². The van der Waals surface area contributed by atoms with Crippen LogP contribution in [0.4, 0.5) is 5.82 Å². The van der Waals surface area contributed by atoms with E-state index >= 15 is 0 Å². The van der Waals surface area contributed by atoms with Crippen molar-refractivity contribution in [1.29, 1.82) is 0 Å². The van der Waals surface area contributed by atoms with E-state index in [1.165, 1.54) is 16.2 Å². The Hall–Kier alpha value is -2.23. The number of carbonyl (C=O) groups is 1. The van der Waals surface area contributed by atoms with Crippen LogP contribution in [0.5, 0.6) is 0 Å². The number of thioether (sulfide) groups is 1. The average Bonchev–Trinajstić information content (AvgIpc) is 3.02. The first-order valence-corrected chi connectivity index (χ1v) is 12.1. The number of hydrogen-bond donors (Lipinski definition) is 0. The number of carbonyl (C=O) groups excluding carboxylic acids is 1. The lowest BCUT2D eigenvalue weighted by molar-refractivity contribution is -0.122. The van der Waals surface area contributed by atoms with Gasteiger partial charge < -0.3 is 9.64 Å². The van der Waals surface area contributed by atoms with Gasteiger partial charge in [-0.05, 0) is 42.9 Å². The van der Waals surface area contributed by atoms with Gasteiger partial charge in [-0.25, -0.2) is 4.98 Å². The Kier molecular flexibility index (Phi) is 6.97. The van der Waals surface area contributed by atoms with Crippen molar-refractivity contribution in [3.8, 4) is 0 Å². The molecule has 2 aliphatic rings. The molecule has 170 valence electrons. The number of pyridine rings is 1. The molecular formula is C23H28N4O3S2. The fourth-order valence-corrected chi connectivity index (χ4v) is 5.78. The minimum Gasteiger partial charge on any atom is -0.385 e. The van der Waals surface area contributed by atoms with Crippen LogP contribution < -0.4 is 10.5 Å². The number of thiocarbonyl (C=S) groups is 1. The predicted octanol–water partition coefficient (Wildman–Crippen LogP) is 3.41. The number of amides is 1. The van der Waals surface area contributed by atoms with Gasteiger partial charge in [-0.15, -0.1) is 0 Å². The van der Waals surface area contributed by atoms with E-state index in [0.29, 0.717) is 57.7 Å². The lowest BCUT2D eigenvalue weighted by Gasteiger charge is -2.36. The Balaban J connectivity index is 1.77. The molecule has 2 saturated heterocycles. The quantitative estimate of drug-likeness (QED) is 0.363. The summed E-state index contributed by atoms with van der Waals surface area (Å²) < 4.78 is 7.13. The zero-order chi connectivity index (χ0) is 22.8. The highest BCUT2D eigenvalue weighted by molar-refractivity contribution is 8.26. The Morgan fingerprint density at radius 3 is 2.72 bits per heavy atom. The van der Waals surface area contributed by atoms with E-state index < -0.39 is 0 Å². The maximum Gasteiger partial charge on any atom is 0.267 e. The van der Waals surface area contributed by atoms with Gasteiger partial charge in [0.25, 0.3) is 11.5 Å². The molecule has 2 aliphatic heterocycles. The maximum atomic E-state index is 13.5. The molecule has 9 heteroatoms. The smallest absolute Gasteiger partial charge is 0.267 e. The largest absolute Gasteiger partial charge is 0.385 e. The second-order valence-electron chi connectivity index (χ2n) is 8.61. The summed E-state index contributed by atoms with van der Waals surface area (Å²) in [5.41, 5.74) is 0.858. The highest BCUT2D eigenvalue weighted by atomic mass is 32.2. The third kappa shape index (κ3) is 4.60. The SMILES string of the molecule is COCCCN1C(=O)/C(=C/c2c(N3C[C@H](C)C[C@@H](C)C3)nc3ccccn3c2=O)SC1=S. The van der Waals surface area contributed by atoms with E-state index in [1.54, 1.807) is 30.3 Å². The third-order valence-corrected chi connectivity index (χ3v) is 7.17. The summed E-state index contributed by atoms with van der Waals surface area (Å²) in [7, 11) is 1.63. The number of piperidine rings is 1. The fraction of sp³-hybridized carbons (Fsp3) is 0.478. The third-order valence-electron chi connectivity index (χ3n) is 5.80. The maximum absolute atomic E-state index is 13.5. The number of hydrogen-bond acceptors (Lipinski definition) is 7. The predicted molar refractivity (Wildman–Crippen MR) is 133 cm³/mol. The van der Waals surface area contributed by atoms with Crippen LogP contribution in [0.2, 0.25) is 0 Å². The summed E-state index contributed by atoms with van der Waals surface area (Å²) in [5.74, 6) is 1.48. The van der Waals surface area contributed by atoms with Gasteiger partial charge in [-0.3, -0.25) is 18.9 Å². The van der Waals surface area contributed by atoms with Gasteiger partial charge in [0.2, 0.25) is 0 Å². The highest BCUT2D eigenvalue weighted by Crippen LogP contribution is 2.34. The van der Waals surface area contributed by atoms with Gasteiger partial charge in [0.05, 0.1) is 10.5 Å². The zero-order valence-electron chi connectivity index (χ0n) is 18.6. The van der Waals surface area contributed by atoms with Crippen LogP contribution in [-0.2, 0) is 9.53 Å². The number of anilines is 1. The summed E-state index contributed by atoms with van der Waals surface area (Å²) in [5, 5.41) is 0. The van der Waals surface area contributed by atoms with Crippen molar-refractivity contribution in [2.24, 2.45) is 11.8 Å². The molecule has 2 aromatic heterocycles. The fourth-order valence-electron chi connectivity index (χ4n) is 4.49. The highest BCUT2D eigenvalue weighted by Gasteiger charge is 2.33. The van der Waals surface area contributed by atoms with Crippen molar-refractivity contribution in [2.75, 3.05) is 38.3 Å². The van der Waals surface area contributed by atoms with E-state index in [4.69, 9.17) is 21.9 Å². The van der Waals surface area contributed by atoms with Crippen LogP contribution in [0.3, 0.4) is 0 Å². The van der Waals surface area contributed by atoms with Gasteiger partial charge in [0.15, 0.2) is 0 Å². The van der Waals surface area contributed by atoms with E-state index in [1.807, 2.05) is 12.1 Å². The van der Waals surface area contributed by atoms with E-state index in [-0.39, 0.29) is 11.5 Å². The van der Waals surface area contributed by atoms with Crippen molar-refractivity contribution in [1.82, 2.24) is 14.3 Å². The van der Waals surface area contributed by atoms with Crippen LogP contribution >= 0.6 is 24.0 Å². The molecule has 0 spiro atoms. The molecule has 4 rings (SSSR count). The number of methoxy groups -OCH3 is 1. The van der Waals surface area contributed by atoms with Crippen molar-refractivity contribution in [2.45, 2.75) is 26.7 Å². The number of ether oxygens (including phenoxy) is 1. The van der Waals surface area contributed by atoms with Gasteiger partial charge in [-0.2, -0.15) is 0 Å². The molecule has 0 saturated carbocycles. The van der Waals surface area contributed by atoms with Gasteiger partial charge >= 0.3 is 0 Å². The van der Waals surface area contributed by atoms with Crippen molar-refractivity contribution in [3.63, 3.8) is 0 Å². The summed E-state index contributed by atoms with van der Waals surface area (Å²) in [6, 6.07) is 5.51. The first kappa shape index (κ1) is 22.9. The average molecular weight is 473 g/mol. The first-order valence-electron chi connectivity index (χ1n) is 10.9. The standard InChI is InChI=1S/C23H28N4O3S2/c1-15-11-16(2)14-25(13-15)20-17(21(28)26-8-5-4-7-19(26)24-20)12-18-22(29)27(23(31)32-18)9-6-10-30-3/h4-5,7-8,12,15-16H,6,9-11,13-14H2,1-3H3/b18-12-/t15-,16-/m1/s1. The molecule has 2 fully saturated rings. The number of fused-ring (bicyclic) bond motifs is 1. The molecule has 0 N–H and O–H groups in total. The molecule has 2 aromatic rings. The van der Waals surface area contributed by atoms with Crippen LogP contribution in [0.25, 0.3) is 11.7 Å². The van der Waals surface area contributed by atoms with E-state index in [0.717, 1.165) is 19.5 Å². The Bertz CT molecular complexity index is 1120. The monoisotopic (exact) mass is 472 g/mol. The minimum atomic E-state index is -0.180. The lowest BCUT2D eigenvalue weighted by Crippen LogP contribution is -2.40. The summed E-state index contributed by atoms with van der Waals surface area (Å²) in [4.78, 5) is 35.6. The molecule has 0 aromatic carbocycles.